The molecule has 0 aliphatic carbocycles. The zero-order chi connectivity index (χ0) is 14.6. The van der Waals surface area contributed by atoms with Crippen molar-refractivity contribution in [3.05, 3.63) is 60.2 Å². The van der Waals surface area contributed by atoms with Crippen LogP contribution in [-0.4, -0.2) is 14.7 Å². The first kappa shape index (κ1) is 14.4. The standard InChI is InChI=1S/C15H18N2O2S/c1-12(13-7-4-3-5-8-13)16-14-9-6-10-15(11-14)17-20(2,18)19/h3-12,16-17H,1-2H3. The number of nitrogens with one attached hydrogen (secondary N) is 2. The van der Waals surface area contributed by atoms with Gasteiger partial charge in [-0.3, -0.25) is 4.72 Å². The Balaban J connectivity index is 2.12. The van der Waals surface area contributed by atoms with E-state index in [2.05, 4.69) is 29.1 Å². The first-order valence-corrected chi connectivity index (χ1v) is 8.22. The molecule has 0 saturated heterocycles. The minimum Gasteiger partial charge on any atom is -0.378 e. The van der Waals surface area contributed by atoms with Gasteiger partial charge in [0.05, 0.1) is 11.9 Å². The van der Waals surface area contributed by atoms with Crippen molar-refractivity contribution in [1.82, 2.24) is 0 Å². The minimum absolute atomic E-state index is 0.143. The fraction of sp³-hybridized carbons (Fsp3) is 0.200. The zero-order valence-corrected chi connectivity index (χ0v) is 12.3. The van der Waals surface area contributed by atoms with Crippen LogP contribution in [0, 0.1) is 0 Å². The molecule has 2 N–H and O–H groups in total. The van der Waals surface area contributed by atoms with E-state index in [1.165, 1.54) is 5.56 Å². The molecule has 0 heterocycles. The van der Waals surface area contributed by atoms with Crippen LogP contribution in [0.5, 0.6) is 0 Å². The Kier molecular flexibility index (Phi) is 4.29. The van der Waals surface area contributed by atoms with Crippen LogP contribution in [0.25, 0.3) is 0 Å². The summed E-state index contributed by atoms with van der Waals surface area (Å²) < 4.78 is 24.9. The lowest BCUT2D eigenvalue weighted by molar-refractivity contribution is 0.607. The van der Waals surface area contributed by atoms with Gasteiger partial charge < -0.3 is 5.32 Å². The summed E-state index contributed by atoms with van der Waals surface area (Å²) in [5.74, 6) is 0. The predicted octanol–water partition coefficient (Wildman–Crippen LogP) is 3.23. The van der Waals surface area contributed by atoms with Crippen molar-refractivity contribution in [3.8, 4) is 0 Å². The molecule has 2 aromatic carbocycles. The van der Waals surface area contributed by atoms with E-state index in [4.69, 9.17) is 0 Å². The van der Waals surface area contributed by atoms with E-state index >= 15 is 0 Å². The molecule has 2 aromatic rings. The average molecular weight is 290 g/mol. The highest BCUT2D eigenvalue weighted by molar-refractivity contribution is 7.92. The van der Waals surface area contributed by atoms with E-state index in [0.717, 1.165) is 11.9 Å². The molecule has 1 atom stereocenters. The van der Waals surface area contributed by atoms with Crippen LogP contribution in [0.4, 0.5) is 11.4 Å². The van der Waals surface area contributed by atoms with E-state index in [1.54, 1.807) is 12.1 Å². The van der Waals surface area contributed by atoms with Crippen LogP contribution in [0.15, 0.2) is 54.6 Å². The highest BCUT2D eigenvalue weighted by Gasteiger charge is 2.06. The molecule has 0 radical (unpaired) electrons. The summed E-state index contributed by atoms with van der Waals surface area (Å²) in [6.45, 7) is 2.06. The highest BCUT2D eigenvalue weighted by atomic mass is 32.2. The van der Waals surface area contributed by atoms with Crippen LogP contribution in [-0.2, 0) is 10.0 Å². The van der Waals surface area contributed by atoms with Crippen molar-refractivity contribution in [1.29, 1.82) is 0 Å². The first-order chi connectivity index (χ1) is 9.44. The van der Waals surface area contributed by atoms with Crippen molar-refractivity contribution in [2.24, 2.45) is 0 Å². The summed E-state index contributed by atoms with van der Waals surface area (Å²) in [5.41, 5.74) is 2.60. The molecule has 2 rings (SSSR count). The molecule has 1 unspecified atom stereocenters. The molecular formula is C15H18N2O2S. The van der Waals surface area contributed by atoms with Gasteiger partial charge >= 0.3 is 0 Å². The molecular weight excluding hydrogens is 272 g/mol. The van der Waals surface area contributed by atoms with Gasteiger partial charge in [-0.15, -0.1) is 0 Å². The van der Waals surface area contributed by atoms with E-state index in [-0.39, 0.29) is 6.04 Å². The van der Waals surface area contributed by atoms with Crippen LogP contribution >= 0.6 is 0 Å². The number of hydrogen-bond donors (Lipinski definition) is 2. The maximum absolute atomic E-state index is 11.2. The monoisotopic (exact) mass is 290 g/mol. The van der Waals surface area contributed by atoms with Crippen LogP contribution in [0.2, 0.25) is 0 Å². The second-order valence-corrected chi connectivity index (χ2v) is 6.48. The van der Waals surface area contributed by atoms with Crippen molar-refractivity contribution < 1.29 is 8.42 Å². The van der Waals surface area contributed by atoms with Gasteiger partial charge in [0.25, 0.3) is 0 Å². The maximum Gasteiger partial charge on any atom is 0.229 e. The molecule has 20 heavy (non-hydrogen) atoms. The Morgan fingerprint density at radius 1 is 0.950 bits per heavy atom. The molecule has 0 fully saturated rings. The summed E-state index contributed by atoms with van der Waals surface area (Å²) in [6, 6.07) is 17.4. The smallest absolute Gasteiger partial charge is 0.229 e. The van der Waals surface area contributed by atoms with Crippen molar-refractivity contribution >= 4 is 21.4 Å². The van der Waals surface area contributed by atoms with E-state index in [1.807, 2.05) is 30.3 Å². The molecule has 0 bridgehead atoms. The summed E-state index contributed by atoms with van der Waals surface area (Å²) >= 11 is 0. The summed E-state index contributed by atoms with van der Waals surface area (Å²) in [7, 11) is -3.25. The second kappa shape index (κ2) is 5.96. The fourth-order valence-electron chi connectivity index (χ4n) is 1.96. The fourth-order valence-corrected chi connectivity index (χ4v) is 2.52. The van der Waals surface area contributed by atoms with E-state index < -0.39 is 10.0 Å². The van der Waals surface area contributed by atoms with Gasteiger partial charge in [-0.05, 0) is 30.7 Å². The van der Waals surface area contributed by atoms with Gasteiger partial charge in [0, 0.05) is 11.7 Å². The van der Waals surface area contributed by atoms with E-state index in [9.17, 15) is 8.42 Å². The molecule has 0 spiro atoms. The van der Waals surface area contributed by atoms with Gasteiger partial charge in [0.2, 0.25) is 10.0 Å². The lowest BCUT2D eigenvalue weighted by atomic mass is 10.1. The summed E-state index contributed by atoms with van der Waals surface area (Å²) in [4.78, 5) is 0. The Bertz CT molecular complexity index is 669. The van der Waals surface area contributed by atoms with Crippen LogP contribution < -0.4 is 10.0 Å². The molecule has 0 saturated carbocycles. The predicted molar refractivity (Wildman–Crippen MR) is 83.4 cm³/mol. The van der Waals surface area contributed by atoms with Crippen molar-refractivity contribution in [3.63, 3.8) is 0 Å². The first-order valence-electron chi connectivity index (χ1n) is 6.33. The molecule has 0 aliphatic heterocycles. The Morgan fingerprint density at radius 2 is 1.60 bits per heavy atom. The highest BCUT2D eigenvalue weighted by Crippen LogP contribution is 2.21. The lowest BCUT2D eigenvalue weighted by Gasteiger charge is -2.16. The molecule has 0 aromatic heterocycles. The second-order valence-electron chi connectivity index (χ2n) is 4.73. The molecule has 106 valence electrons. The Morgan fingerprint density at radius 3 is 2.25 bits per heavy atom. The normalized spacial score (nSPS) is 12.7. The summed E-state index contributed by atoms with van der Waals surface area (Å²) in [5, 5.41) is 3.35. The number of rotatable bonds is 5. The van der Waals surface area contributed by atoms with Gasteiger partial charge in [-0.25, -0.2) is 8.42 Å². The third kappa shape index (κ3) is 4.28. The van der Waals surface area contributed by atoms with Crippen molar-refractivity contribution in [2.45, 2.75) is 13.0 Å². The molecule has 4 nitrogen and oxygen atoms in total. The average Bonchev–Trinajstić information content (AvgIpc) is 2.38. The van der Waals surface area contributed by atoms with Gasteiger partial charge in [0.15, 0.2) is 0 Å². The molecule has 0 amide bonds. The van der Waals surface area contributed by atoms with Gasteiger partial charge in [0.1, 0.15) is 0 Å². The van der Waals surface area contributed by atoms with Gasteiger partial charge in [-0.2, -0.15) is 0 Å². The SMILES string of the molecule is CC(Nc1cccc(NS(C)(=O)=O)c1)c1ccccc1. The quantitative estimate of drug-likeness (QED) is 0.889. The van der Waals surface area contributed by atoms with Crippen molar-refractivity contribution in [2.75, 3.05) is 16.3 Å². The lowest BCUT2D eigenvalue weighted by Crippen LogP contribution is -2.10. The zero-order valence-electron chi connectivity index (χ0n) is 11.5. The largest absolute Gasteiger partial charge is 0.378 e. The molecule has 5 heteroatoms. The minimum atomic E-state index is -3.25. The number of hydrogen-bond acceptors (Lipinski definition) is 3. The third-order valence-electron chi connectivity index (χ3n) is 2.85. The van der Waals surface area contributed by atoms with E-state index in [0.29, 0.717) is 5.69 Å². The number of benzene rings is 2. The number of sulfonamides is 1. The van der Waals surface area contributed by atoms with Crippen LogP contribution in [0.3, 0.4) is 0 Å². The Labute approximate surface area is 119 Å². The van der Waals surface area contributed by atoms with Crippen LogP contribution in [0.1, 0.15) is 18.5 Å². The third-order valence-corrected chi connectivity index (χ3v) is 3.46. The van der Waals surface area contributed by atoms with Gasteiger partial charge in [-0.1, -0.05) is 36.4 Å². The number of anilines is 2. The summed E-state index contributed by atoms with van der Waals surface area (Å²) in [6.07, 6.45) is 1.14. The Hall–Kier alpha value is -2.01. The maximum atomic E-state index is 11.2. The topological polar surface area (TPSA) is 58.2 Å². The molecule has 0 aliphatic rings.